The minimum absolute atomic E-state index is 0.268. The molecule has 2 N–H and O–H groups in total. The largest absolute Gasteiger partial charge is 0.325 e. The molecule has 3 aromatic carbocycles. The molecule has 1 heterocycles. The highest BCUT2D eigenvalue weighted by molar-refractivity contribution is 6.11. The summed E-state index contributed by atoms with van der Waals surface area (Å²) in [5, 5.41) is 7.29. The molecule has 0 bridgehead atoms. The number of imide groups is 1. The van der Waals surface area contributed by atoms with E-state index >= 15 is 0 Å². The summed E-state index contributed by atoms with van der Waals surface area (Å²) in [5.74, 6) is -1.45. The molecule has 1 aliphatic rings. The second-order valence-corrected chi connectivity index (χ2v) is 7.16. The van der Waals surface area contributed by atoms with Crippen LogP contribution >= 0.6 is 0 Å². The molecule has 30 heavy (non-hydrogen) atoms. The molecule has 152 valence electrons. The first-order valence-electron chi connectivity index (χ1n) is 9.62. The molecular weight excluding hydrogens is 385 g/mol. The van der Waals surface area contributed by atoms with E-state index in [0.29, 0.717) is 11.3 Å². The molecule has 6 nitrogen and oxygen atoms in total. The van der Waals surface area contributed by atoms with Gasteiger partial charge in [-0.15, -0.1) is 0 Å². The number of halogens is 1. The second-order valence-electron chi connectivity index (χ2n) is 7.16. The van der Waals surface area contributed by atoms with Crippen LogP contribution in [0.4, 0.5) is 14.9 Å². The zero-order valence-electron chi connectivity index (χ0n) is 16.3. The van der Waals surface area contributed by atoms with E-state index in [2.05, 4.69) is 10.6 Å². The Hall–Kier alpha value is -3.74. The van der Waals surface area contributed by atoms with E-state index in [1.54, 1.807) is 13.0 Å². The molecule has 4 amide bonds. The quantitative estimate of drug-likeness (QED) is 0.634. The van der Waals surface area contributed by atoms with Gasteiger partial charge in [0.25, 0.3) is 5.91 Å². The lowest BCUT2D eigenvalue weighted by Crippen LogP contribution is -2.44. The number of rotatable bonds is 5. The summed E-state index contributed by atoms with van der Waals surface area (Å²) in [6.07, 6.45) is 0.268. The molecule has 1 atom stereocenters. The summed E-state index contributed by atoms with van der Waals surface area (Å²) in [6.45, 7) is 1.33. The monoisotopic (exact) mass is 405 g/mol. The number of hydrogen-bond acceptors (Lipinski definition) is 3. The minimum Gasteiger partial charge on any atom is -0.324 e. The third kappa shape index (κ3) is 3.28. The fourth-order valence-electron chi connectivity index (χ4n) is 3.81. The van der Waals surface area contributed by atoms with Gasteiger partial charge in [-0.1, -0.05) is 55.5 Å². The van der Waals surface area contributed by atoms with E-state index in [-0.39, 0.29) is 6.42 Å². The zero-order chi connectivity index (χ0) is 21.3. The van der Waals surface area contributed by atoms with Crippen molar-refractivity contribution in [3.05, 3.63) is 78.1 Å². The Balaban J connectivity index is 1.55. The number of hydrogen-bond donors (Lipinski definition) is 2. The maximum atomic E-state index is 13.3. The lowest BCUT2D eigenvalue weighted by Gasteiger charge is -2.25. The Morgan fingerprint density at radius 1 is 1.03 bits per heavy atom. The molecule has 3 aromatic rings. The van der Waals surface area contributed by atoms with Crippen molar-refractivity contribution < 1.29 is 18.8 Å². The third-order valence-corrected chi connectivity index (χ3v) is 5.41. The topological polar surface area (TPSA) is 78.5 Å². The Labute approximate surface area is 172 Å². The average molecular weight is 405 g/mol. The molecular formula is C23H20FN3O3. The lowest BCUT2D eigenvalue weighted by atomic mass is 9.87. The standard InChI is InChI=1S/C23H20FN3O3/c1-2-23(16-10-12-17(24)13-11-16)21(29)27(22(30)26-23)14-20(28)25-19-9-5-7-15-6-3-4-8-18(15)19/h3-13H,2,14H2,1H3,(H,25,28)(H,26,30)/t23-/m1/s1. The van der Waals surface area contributed by atoms with E-state index in [1.807, 2.05) is 36.4 Å². The number of benzene rings is 3. The summed E-state index contributed by atoms with van der Waals surface area (Å²) in [5.41, 5.74) is -0.239. The van der Waals surface area contributed by atoms with Gasteiger partial charge in [-0.05, 0) is 35.6 Å². The van der Waals surface area contributed by atoms with Crippen LogP contribution in [0.1, 0.15) is 18.9 Å². The summed E-state index contributed by atoms with van der Waals surface area (Å²) >= 11 is 0. The maximum Gasteiger partial charge on any atom is 0.325 e. The summed E-state index contributed by atoms with van der Waals surface area (Å²) in [6, 6.07) is 17.9. The fourth-order valence-corrected chi connectivity index (χ4v) is 3.81. The van der Waals surface area contributed by atoms with Crippen LogP contribution in [0.2, 0.25) is 0 Å². The highest BCUT2D eigenvalue weighted by atomic mass is 19.1. The van der Waals surface area contributed by atoms with E-state index in [9.17, 15) is 18.8 Å². The molecule has 0 radical (unpaired) electrons. The van der Waals surface area contributed by atoms with Crippen LogP contribution < -0.4 is 10.6 Å². The lowest BCUT2D eigenvalue weighted by molar-refractivity contribution is -0.134. The molecule has 1 saturated heterocycles. The normalized spacial score (nSPS) is 18.5. The Morgan fingerprint density at radius 2 is 1.73 bits per heavy atom. The number of nitrogens with one attached hydrogen (secondary N) is 2. The smallest absolute Gasteiger partial charge is 0.324 e. The number of nitrogens with zero attached hydrogens (tertiary/aromatic N) is 1. The van der Waals surface area contributed by atoms with Crippen LogP contribution in [0.15, 0.2) is 66.7 Å². The summed E-state index contributed by atoms with van der Waals surface area (Å²) in [4.78, 5) is 39.2. The molecule has 4 rings (SSSR count). The van der Waals surface area contributed by atoms with Gasteiger partial charge in [-0.3, -0.25) is 14.5 Å². The third-order valence-electron chi connectivity index (χ3n) is 5.41. The highest BCUT2D eigenvalue weighted by Gasteiger charge is 2.51. The predicted molar refractivity (Wildman–Crippen MR) is 111 cm³/mol. The molecule has 0 aromatic heterocycles. The van der Waals surface area contributed by atoms with Crippen LogP contribution in [-0.2, 0) is 15.1 Å². The van der Waals surface area contributed by atoms with Crippen LogP contribution in [0.3, 0.4) is 0 Å². The number of fused-ring (bicyclic) bond motifs is 1. The van der Waals surface area contributed by atoms with Gasteiger partial charge in [-0.25, -0.2) is 9.18 Å². The van der Waals surface area contributed by atoms with Crippen molar-refractivity contribution in [1.82, 2.24) is 10.2 Å². The zero-order valence-corrected chi connectivity index (χ0v) is 16.3. The Morgan fingerprint density at radius 3 is 2.47 bits per heavy atom. The van der Waals surface area contributed by atoms with Crippen molar-refractivity contribution in [2.75, 3.05) is 11.9 Å². The van der Waals surface area contributed by atoms with Crippen LogP contribution in [-0.4, -0.2) is 29.3 Å². The van der Waals surface area contributed by atoms with Gasteiger partial charge in [0.15, 0.2) is 0 Å². The van der Waals surface area contributed by atoms with Crippen molar-refractivity contribution in [3.63, 3.8) is 0 Å². The van der Waals surface area contributed by atoms with E-state index in [4.69, 9.17) is 0 Å². The van der Waals surface area contributed by atoms with E-state index in [0.717, 1.165) is 15.7 Å². The molecule has 0 saturated carbocycles. The number of carbonyl (C=O) groups is 3. The summed E-state index contributed by atoms with van der Waals surface area (Å²) in [7, 11) is 0. The first-order valence-corrected chi connectivity index (χ1v) is 9.62. The number of carbonyl (C=O) groups excluding carboxylic acids is 3. The molecule has 1 fully saturated rings. The van der Waals surface area contributed by atoms with E-state index in [1.165, 1.54) is 24.3 Å². The van der Waals surface area contributed by atoms with Crippen molar-refractivity contribution in [2.24, 2.45) is 0 Å². The summed E-state index contributed by atoms with van der Waals surface area (Å²) < 4.78 is 13.3. The van der Waals surface area contributed by atoms with Crippen LogP contribution in [0, 0.1) is 5.82 Å². The number of amides is 4. The average Bonchev–Trinajstić information content (AvgIpc) is 2.99. The van der Waals surface area contributed by atoms with Gasteiger partial charge in [0.05, 0.1) is 0 Å². The van der Waals surface area contributed by atoms with Crippen molar-refractivity contribution in [3.8, 4) is 0 Å². The first kappa shape index (κ1) is 19.6. The SMILES string of the molecule is CC[C@]1(c2ccc(F)cc2)NC(=O)N(CC(=O)Nc2cccc3ccccc23)C1=O. The van der Waals surface area contributed by atoms with E-state index < -0.39 is 35.7 Å². The van der Waals surface area contributed by atoms with Crippen LogP contribution in [0.25, 0.3) is 10.8 Å². The van der Waals surface area contributed by atoms with Crippen LogP contribution in [0.5, 0.6) is 0 Å². The van der Waals surface area contributed by atoms with Gasteiger partial charge in [0.1, 0.15) is 17.9 Å². The Bertz CT molecular complexity index is 1140. The second kappa shape index (κ2) is 7.59. The maximum absolute atomic E-state index is 13.3. The van der Waals surface area contributed by atoms with Crippen molar-refractivity contribution in [2.45, 2.75) is 18.9 Å². The fraction of sp³-hybridized carbons (Fsp3) is 0.174. The molecule has 0 unspecified atom stereocenters. The predicted octanol–water partition coefficient (Wildman–Crippen LogP) is 3.77. The molecule has 0 aliphatic carbocycles. The van der Waals surface area contributed by atoms with Gasteiger partial charge in [-0.2, -0.15) is 0 Å². The van der Waals surface area contributed by atoms with Gasteiger partial charge < -0.3 is 10.6 Å². The molecule has 0 spiro atoms. The first-order chi connectivity index (χ1) is 14.4. The molecule has 1 aliphatic heterocycles. The number of anilines is 1. The van der Waals surface area contributed by atoms with Gasteiger partial charge in [0, 0.05) is 11.1 Å². The highest BCUT2D eigenvalue weighted by Crippen LogP contribution is 2.32. The van der Waals surface area contributed by atoms with Gasteiger partial charge >= 0.3 is 6.03 Å². The van der Waals surface area contributed by atoms with Crippen molar-refractivity contribution >= 4 is 34.3 Å². The van der Waals surface area contributed by atoms with Gasteiger partial charge in [0.2, 0.25) is 5.91 Å². The number of urea groups is 1. The molecule has 7 heteroatoms. The Kier molecular flexibility index (Phi) is 4.95. The van der Waals surface area contributed by atoms with Crippen molar-refractivity contribution in [1.29, 1.82) is 0 Å². The minimum atomic E-state index is -1.31.